The summed E-state index contributed by atoms with van der Waals surface area (Å²) < 4.78 is 67.4. The van der Waals surface area contributed by atoms with E-state index in [4.69, 9.17) is 14.7 Å². The van der Waals surface area contributed by atoms with Crippen LogP contribution in [0.4, 0.5) is 17.6 Å². The second-order valence-electron chi connectivity index (χ2n) is 11.1. The van der Waals surface area contributed by atoms with E-state index in [2.05, 4.69) is 5.32 Å². The Bertz CT molecular complexity index is 1590. The predicted molar refractivity (Wildman–Crippen MR) is 161 cm³/mol. The van der Waals surface area contributed by atoms with Crippen LogP contribution in [-0.4, -0.2) is 61.0 Å². The normalized spacial score (nSPS) is 24.4. The molecule has 8 nitrogen and oxygen atoms in total. The number of carbonyl (C=O) groups is 2. The summed E-state index contributed by atoms with van der Waals surface area (Å²) in [6.07, 6.45) is 0.458. The van der Waals surface area contributed by atoms with Crippen LogP contribution in [0, 0.1) is 11.3 Å². The van der Waals surface area contributed by atoms with Crippen LogP contribution in [0.15, 0.2) is 47.4 Å². The van der Waals surface area contributed by atoms with Gasteiger partial charge in [-0.15, -0.1) is 11.3 Å². The Kier molecular flexibility index (Phi) is 8.37. The molecule has 1 aromatic carbocycles. The number of hydrogen-bond donors (Lipinski definition) is 2. The molecule has 44 heavy (non-hydrogen) atoms. The van der Waals surface area contributed by atoms with Gasteiger partial charge in [-0.1, -0.05) is 24.3 Å². The van der Waals surface area contributed by atoms with E-state index < -0.39 is 39.5 Å². The highest BCUT2D eigenvalue weighted by Crippen LogP contribution is 2.55. The highest BCUT2D eigenvalue weighted by molar-refractivity contribution is 14.1. The minimum Gasteiger partial charge on any atom is -0.346 e. The number of fused-ring (bicyclic) bond motifs is 2. The maximum absolute atomic E-state index is 15.6. The number of nitrogens with one attached hydrogen (secondary N) is 2. The van der Waals surface area contributed by atoms with Crippen molar-refractivity contribution in [2.75, 3.05) is 26.3 Å². The van der Waals surface area contributed by atoms with Gasteiger partial charge in [0.1, 0.15) is 12.1 Å². The average Bonchev–Trinajstić information content (AvgIpc) is 3.78. The van der Waals surface area contributed by atoms with E-state index in [1.807, 2.05) is 46.1 Å². The first-order valence-corrected chi connectivity index (χ1v) is 15.9. The number of hydrogen-bond acceptors (Lipinski definition) is 7. The van der Waals surface area contributed by atoms with Crippen LogP contribution in [0.25, 0.3) is 5.57 Å². The lowest BCUT2D eigenvalue weighted by Gasteiger charge is -2.27. The number of carbonyl (C=O) groups excluding carboxylic acids is 2. The van der Waals surface area contributed by atoms with E-state index >= 15 is 4.39 Å². The van der Waals surface area contributed by atoms with Crippen molar-refractivity contribution >= 4 is 51.3 Å². The van der Waals surface area contributed by atoms with E-state index in [1.54, 1.807) is 18.2 Å². The van der Waals surface area contributed by atoms with Crippen molar-refractivity contribution in [3.05, 3.63) is 74.5 Å². The molecule has 1 aromatic heterocycles. The predicted octanol–water partition coefficient (Wildman–Crippen LogP) is 5.15. The molecule has 1 spiro atoms. The van der Waals surface area contributed by atoms with Crippen LogP contribution in [0.2, 0.25) is 0 Å². The van der Waals surface area contributed by atoms with E-state index in [1.165, 1.54) is 10.3 Å². The molecule has 4 aliphatic rings. The molecule has 3 atom stereocenters. The minimum atomic E-state index is -4.83. The molecule has 2 saturated heterocycles. The standard InChI is InChI=1S/C30H27F4IN4O4S/c31-29(35)21-4-2-1-3-19(21)20-9-17(5-6-22(20)29)13-37-14-25(40)39-16-28(42-7-8-43-28)11-23(39)27(41)38-26(30(32,33)34)24-10-18(12-36)15-44-24/h1,3,5-6,9-10,15,23,26,37H,2,4,7-8,11,13-14,16H2,(H,38,41)/t23-,26?,29?/m0/s1. The van der Waals surface area contributed by atoms with Gasteiger partial charge < -0.3 is 25.0 Å². The quantitative estimate of drug-likeness (QED) is 0.231. The molecule has 2 aliphatic carbocycles. The number of halogens is 5. The number of benzene rings is 1. The molecule has 2 N–H and O–H groups in total. The second kappa shape index (κ2) is 11.8. The number of alkyl halides is 5. The molecule has 2 amide bonds. The molecule has 0 saturated carbocycles. The first-order valence-electron chi connectivity index (χ1n) is 14.0. The Hall–Kier alpha value is -2.84. The molecular formula is C30H27F4IN4O4S. The van der Waals surface area contributed by atoms with Crippen LogP contribution in [-0.2, 0) is 29.3 Å². The number of allylic oxidation sites excluding steroid dienone is 4. The first-order chi connectivity index (χ1) is 20.9. The molecule has 0 bridgehead atoms. The third-order valence-electron chi connectivity index (χ3n) is 8.24. The zero-order valence-corrected chi connectivity index (χ0v) is 26.2. The van der Waals surface area contributed by atoms with E-state index in [0.717, 1.165) is 34.8 Å². The van der Waals surface area contributed by atoms with Crippen LogP contribution in [0.1, 0.15) is 52.4 Å². The molecule has 6 rings (SSSR count). The summed E-state index contributed by atoms with van der Waals surface area (Å²) in [7, 11) is 0. The number of nitrogens with zero attached hydrogens (tertiary/aromatic N) is 2. The fraction of sp³-hybridized carbons (Fsp3) is 0.433. The Balaban J connectivity index is 1.15. The van der Waals surface area contributed by atoms with Crippen molar-refractivity contribution in [1.29, 1.82) is 5.26 Å². The Morgan fingerprint density at radius 3 is 2.73 bits per heavy atom. The third kappa shape index (κ3) is 5.80. The Labute approximate surface area is 268 Å². The zero-order chi connectivity index (χ0) is 31.3. The van der Waals surface area contributed by atoms with E-state index in [0.29, 0.717) is 23.3 Å². The largest absolute Gasteiger partial charge is 0.413 e. The van der Waals surface area contributed by atoms with E-state index in [9.17, 15) is 22.8 Å². The SMILES string of the molecule is N#Cc1csc(C(NC(=O)[C@@H]2CC3(CN2C(=O)CNCc2ccc4c(c2)C2=C(CCC=C2)C4(F)I)OCCO3)C(F)(F)F)c1. The fourth-order valence-corrected chi connectivity index (χ4v) is 8.11. The number of rotatable bonds is 7. The third-order valence-corrected chi connectivity index (χ3v) is 10.5. The number of likely N-dealkylation sites (tertiary alicyclic amines) is 1. The monoisotopic (exact) mass is 742 g/mol. The van der Waals surface area contributed by atoms with Crippen molar-refractivity contribution in [2.24, 2.45) is 0 Å². The molecule has 2 aliphatic heterocycles. The number of thiophene rings is 1. The lowest BCUT2D eigenvalue weighted by atomic mass is 9.97. The van der Waals surface area contributed by atoms with Gasteiger partial charge in [-0.25, -0.2) is 4.39 Å². The summed E-state index contributed by atoms with van der Waals surface area (Å²) in [6.45, 7) is 0.411. The van der Waals surface area contributed by atoms with Gasteiger partial charge in [0.25, 0.3) is 0 Å². The Morgan fingerprint density at radius 2 is 2.02 bits per heavy atom. The highest BCUT2D eigenvalue weighted by Gasteiger charge is 2.54. The Morgan fingerprint density at radius 1 is 1.25 bits per heavy atom. The maximum atomic E-state index is 15.6. The lowest BCUT2D eigenvalue weighted by molar-refractivity contribution is -0.164. The first kappa shape index (κ1) is 31.2. The van der Waals surface area contributed by atoms with Gasteiger partial charge in [-0.05, 0) is 69.8 Å². The second-order valence-corrected chi connectivity index (χ2v) is 13.5. The number of nitriles is 1. The zero-order valence-electron chi connectivity index (χ0n) is 23.2. The molecule has 2 unspecified atom stereocenters. The summed E-state index contributed by atoms with van der Waals surface area (Å²) in [5.41, 5.74) is 3.95. The lowest BCUT2D eigenvalue weighted by Crippen LogP contribution is -2.50. The topological polar surface area (TPSA) is 104 Å². The van der Waals surface area contributed by atoms with Crippen LogP contribution in [0.5, 0.6) is 0 Å². The van der Waals surface area contributed by atoms with Crippen molar-refractivity contribution < 1.29 is 36.6 Å². The number of ether oxygens (including phenoxy) is 2. The minimum absolute atomic E-state index is 0.0537. The van der Waals surface area contributed by atoms with Gasteiger partial charge >= 0.3 is 6.18 Å². The van der Waals surface area contributed by atoms with Crippen molar-refractivity contribution in [3.8, 4) is 6.07 Å². The fourth-order valence-electron chi connectivity index (χ4n) is 6.18. The van der Waals surface area contributed by atoms with Crippen LogP contribution >= 0.6 is 33.9 Å². The van der Waals surface area contributed by atoms with Gasteiger partial charge in [0.15, 0.2) is 11.8 Å². The summed E-state index contributed by atoms with van der Waals surface area (Å²) in [6, 6.07) is 4.72. The molecule has 2 fully saturated rings. The molecule has 2 aromatic rings. The van der Waals surface area contributed by atoms with Gasteiger partial charge in [0, 0.05) is 28.8 Å². The molecule has 232 valence electrons. The summed E-state index contributed by atoms with van der Waals surface area (Å²) in [5.74, 6) is -2.79. The summed E-state index contributed by atoms with van der Waals surface area (Å²) in [4.78, 5) is 27.7. The maximum Gasteiger partial charge on any atom is 0.413 e. The van der Waals surface area contributed by atoms with Crippen LogP contribution < -0.4 is 10.6 Å². The van der Waals surface area contributed by atoms with Crippen molar-refractivity contribution in [1.82, 2.24) is 15.5 Å². The summed E-state index contributed by atoms with van der Waals surface area (Å²) in [5, 5.41) is 15.4. The van der Waals surface area contributed by atoms with Crippen molar-refractivity contribution in [3.63, 3.8) is 0 Å². The molecule has 14 heteroatoms. The summed E-state index contributed by atoms with van der Waals surface area (Å²) >= 11 is 2.57. The van der Waals surface area contributed by atoms with E-state index in [-0.39, 0.29) is 49.7 Å². The highest BCUT2D eigenvalue weighted by atomic mass is 127. The molecular weight excluding hydrogens is 715 g/mol. The smallest absolute Gasteiger partial charge is 0.346 e. The van der Waals surface area contributed by atoms with Crippen molar-refractivity contribution in [2.45, 2.75) is 53.5 Å². The average molecular weight is 743 g/mol. The van der Waals surface area contributed by atoms with Gasteiger partial charge in [-0.2, -0.15) is 18.4 Å². The van der Waals surface area contributed by atoms with Gasteiger partial charge in [-0.3, -0.25) is 9.59 Å². The molecule has 0 radical (unpaired) electrons. The molecule has 3 heterocycles. The van der Waals surface area contributed by atoms with Gasteiger partial charge in [0.05, 0.1) is 31.9 Å². The van der Waals surface area contributed by atoms with Crippen LogP contribution in [0.3, 0.4) is 0 Å². The van der Waals surface area contributed by atoms with Gasteiger partial charge in [0.2, 0.25) is 15.5 Å². The number of amides is 2.